The Bertz CT molecular complexity index is 1310. The maximum atomic E-state index is 12.7. The molecule has 0 radical (unpaired) electrons. The molecule has 8 nitrogen and oxygen atoms in total. The fourth-order valence-electron chi connectivity index (χ4n) is 3.38. The maximum absolute atomic E-state index is 12.7. The number of nitrogens with zero attached hydrogens (tertiary/aromatic N) is 4. The Balaban J connectivity index is 1.61. The summed E-state index contributed by atoms with van der Waals surface area (Å²) in [6.07, 6.45) is 3.31. The number of amides is 1. The molecule has 0 fully saturated rings. The molecule has 0 saturated carbocycles. The minimum atomic E-state index is -0.473. The van der Waals surface area contributed by atoms with Crippen LogP contribution in [-0.4, -0.2) is 34.1 Å². The highest BCUT2D eigenvalue weighted by atomic mass is 127. The monoisotopic (exact) mass is 585 g/mol. The number of halogens is 1. The molecule has 2 aliphatic heterocycles. The van der Waals surface area contributed by atoms with Crippen LogP contribution >= 0.6 is 34.4 Å². The smallest absolute Gasteiger partial charge is 0.283 e. The van der Waals surface area contributed by atoms with Gasteiger partial charge in [0.05, 0.1) is 27.9 Å². The van der Waals surface area contributed by atoms with Crippen LogP contribution in [0.2, 0.25) is 0 Å². The summed E-state index contributed by atoms with van der Waals surface area (Å²) in [5.41, 5.74) is 2.15. The number of carbonyl (C=O) groups is 1. The van der Waals surface area contributed by atoms with Crippen LogP contribution in [0.1, 0.15) is 36.5 Å². The molecule has 2 aromatic carbocycles. The predicted octanol–water partition coefficient (Wildman–Crippen LogP) is 5.17. The van der Waals surface area contributed by atoms with Gasteiger partial charge >= 0.3 is 0 Å². The van der Waals surface area contributed by atoms with Gasteiger partial charge in [0.2, 0.25) is 5.17 Å². The number of nitriles is 1. The molecule has 172 valence electrons. The van der Waals surface area contributed by atoms with Crippen molar-refractivity contribution in [3.05, 3.63) is 62.2 Å². The SMILES string of the molecule is CCCC1=NN2C(=N)/C(=C\c3cc(I)c(OCc4ccccc4C#N)c(OC)c3)C(=O)N=C2S1. The number of hydrogen-bond acceptors (Lipinski definition) is 7. The molecule has 0 atom stereocenters. The quantitative estimate of drug-likeness (QED) is 0.355. The minimum absolute atomic E-state index is 0.00369. The molecule has 2 heterocycles. The third-order valence-corrected chi connectivity index (χ3v) is 6.80. The Morgan fingerprint density at radius 1 is 1.32 bits per heavy atom. The van der Waals surface area contributed by atoms with Crippen molar-refractivity contribution in [2.24, 2.45) is 10.1 Å². The lowest BCUT2D eigenvalue weighted by atomic mass is 10.1. The van der Waals surface area contributed by atoms with Crippen LogP contribution in [0, 0.1) is 20.3 Å². The highest BCUT2D eigenvalue weighted by Crippen LogP contribution is 2.36. The van der Waals surface area contributed by atoms with Gasteiger partial charge in [0.15, 0.2) is 17.3 Å². The molecule has 0 bridgehead atoms. The molecular weight excluding hydrogens is 565 g/mol. The molecule has 2 aliphatic rings. The number of aliphatic imine (C=N–C) groups is 1. The number of rotatable bonds is 7. The molecule has 1 amide bonds. The van der Waals surface area contributed by atoms with Crippen molar-refractivity contribution in [2.45, 2.75) is 26.4 Å². The Morgan fingerprint density at radius 2 is 2.12 bits per heavy atom. The first-order chi connectivity index (χ1) is 16.4. The van der Waals surface area contributed by atoms with E-state index in [4.69, 9.17) is 14.9 Å². The highest BCUT2D eigenvalue weighted by Gasteiger charge is 2.35. The number of fused-ring (bicyclic) bond motifs is 1. The summed E-state index contributed by atoms with van der Waals surface area (Å²) < 4.78 is 12.3. The van der Waals surface area contributed by atoms with Gasteiger partial charge in [-0.25, -0.2) is 0 Å². The Kier molecular flexibility index (Phi) is 7.33. The molecule has 0 aromatic heterocycles. The van der Waals surface area contributed by atoms with Gasteiger partial charge in [0, 0.05) is 5.56 Å². The molecular formula is C24H20IN5O3S. The van der Waals surface area contributed by atoms with E-state index in [-0.39, 0.29) is 18.0 Å². The van der Waals surface area contributed by atoms with Crippen molar-refractivity contribution in [3.8, 4) is 17.6 Å². The van der Waals surface area contributed by atoms with Crippen LogP contribution in [0.15, 0.2) is 52.1 Å². The standard InChI is InChI=1S/C24H20IN5O3S/c1-3-6-20-29-30-22(27)17(23(31)28-24(30)34-20)9-14-10-18(25)21(19(11-14)32-2)33-13-16-8-5-4-7-15(16)12-26/h4-5,7-11,27H,3,6,13H2,1-2H3/b17-9+,27-22?. The Labute approximate surface area is 215 Å². The highest BCUT2D eigenvalue weighted by molar-refractivity contribution is 14.1. The summed E-state index contributed by atoms with van der Waals surface area (Å²) >= 11 is 3.47. The van der Waals surface area contributed by atoms with Gasteiger partial charge < -0.3 is 9.47 Å². The average molecular weight is 585 g/mol. The number of hydrogen-bond donors (Lipinski definition) is 1. The fourth-order valence-corrected chi connectivity index (χ4v) is 5.15. The number of amidine groups is 2. The normalized spacial score (nSPS) is 16.2. The lowest BCUT2D eigenvalue weighted by Gasteiger charge is -2.20. The number of hydrazone groups is 1. The number of benzene rings is 2. The first-order valence-electron chi connectivity index (χ1n) is 10.4. The molecule has 0 aliphatic carbocycles. The van der Waals surface area contributed by atoms with Crippen LogP contribution in [-0.2, 0) is 11.4 Å². The Hall–Kier alpha value is -3.17. The van der Waals surface area contributed by atoms with Crippen molar-refractivity contribution in [1.29, 1.82) is 10.7 Å². The molecule has 34 heavy (non-hydrogen) atoms. The minimum Gasteiger partial charge on any atom is -0.493 e. The molecule has 10 heteroatoms. The summed E-state index contributed by atoms with van der Waals surface area (Å²) in [6.45, 7) is 2.26. The van der Waals surface area contributed by atoms with Crippen LogP contribution in [0.25, 0.3) is 6.08 Å². The van der Waals surface area contributed by atoms with Crippen molar-refractivity contribution in [3.63, 3.8) is 0 Å². The first kappa shape index (κ1) is 24.0. The topological polar surface area (TPSA) is 111 Å². The van der Waals surface area contributed by atoms with E-state index < -0.39 is 5.91 Å². The predicted molar refractivity (Wildman–Crippen MR) is 141 cm³/mol. The molecule has 0 unspecified atom stereocenters. The molecule has 2 aromatic rings. The van der Waals surface area contributed by atoms with Gasteiger partial charge in [-0.1, -0.05) is 25.1 Å². The summed E-state index contributed by atoms with van der Waals surface area (Å²) in [5.74, 6) is 0.537. The number of thioether (sulfide) groups is 1. The van der Waals surface area contributed by atoms with E-state index in [0.717, 1.165) is 27.0 Å². The van der Waals surface area contributed by atoms with Crippen LogP contribution in [0.4, 0.5) is 0 Å². The summed E-state index contributed by atoms with van der Waals surface area (Å²) in [5, 5.41) is 24.9. The number of ether oxygens (including phenoxy) is 2. The van der Waals surface area contributed by atoms with Gasteiger partial charge in [-0.2, -0.15) is 20.4 Å². The number of methoxy groups -OCH3 is 1. The van der Waals surface area contributed by atoms with Crippen molar-refractivity contribution >= 4 is 62.4 Å². The van der Waals surface area contributed by atoms with Crippen molar-refractivity contribution in [1.82, 2.24) is 5.01 Å². The third kappa shape index (κ3) is 4.85. The molecule has 4 rings (SSSR count). The van der Waals surface area contributed by atoms with E-state index in [0.29, 0.717) is 27.8 Å². The fraction of sp³-hybridized carbons (Fsp3) is 0.208. The van der Waals surface area contributed by atoms with E-state index in [1.165, 1.54) is 23.9 Å². The number of carbonyl (C=O) groups excluding carboxylic acids is 1. The number of nitrogens with one attached hydrogen (secondary N) is 1. The van der Waals surface area contributed by atoms with Gasteiger partial charge in [0.1, 0.15) is 11.7 Å². The van der Waals surface area contributed by atoms with Gasteiger partial charge in [0.25, 0.3) is 5.91 Å². The molecule has 0 spiro atoms. The van der Waals surface area contributed by atoms with E-state index in [9.17, 15) is 10.1 Å². The van der Waals surface area contributed by atoms with E-state index in [1.54, 1.807) is 18.2 Å². The zero-order valence-electron chi connectivity index (χ0n) is 18.5. The van der Waals surface area contributed by atoms with Gasteiger partial charge in [-0.15, -0.1) is 0 Å². The largest absolute Gasteiger partial charge is 0.493 e. The maximum Gasteiger partial charge on any atom is 0.283 e. The lowest BCUT2D eigenvalue weighted by molar-refractivity contribution is -0.114. The molecule has 1 N–H and O–H groups in total. The summed E-state index contributed by atoms with van der Waals surface area (Å²) in [4.78, 5) is 16.8. The van der Waals surface area contributed by atoms with E-state index in [1.807, 2.05) is 24.3 Å². The second-order valence-electron chi connectivity index (χ2n) is 7.36. The van der Waals surface area contributed by atoms with E-state index >= 15 is 0 Å². The second kappa shape index (κ2) is 10.4. The van der Waals surface area contributed by atoms with Crippen molar-refractivity contribution in [2.75, 3.05) is 7.11 Å². The summed E-state index contributed by atoms with van der Waals surface area (Å²) in [7, 11) is 1.54. The van der Waals surface area contributed by atoms with Gasteiger partial charge in [-0.3, -0.25) is 10.2 Å². The summed E-state index contributed by atoms with van der Waals surface area (Å²) in [6, 6.07) is 13.0. The third-order valence-electron chi connectivity index (χ3n) is 5.03. The second-order valence-corrected chi connectivity index (χ2v) is 9.56. The van der Waals surface area contributed by atoms with Crippen LogP contribution in [0.5, 0.6) is 11.5 Å². The zero-order chi connectivity index (χ0) is 24.2. The van der Waals surface area contributed by atoms with E-state index in [2.05, 4.69) is 45.7 Å². The first-order valence-corrected chi connectivity index (χ1v) is 12.3. The van der Waals surface area contributed by atoms with Crippen LogP contribution < -0.4 is 9.47 Å². The molecule has 0 saturated heterocycles. The average Bonchev–Trinajstić information content (AvgIpc) is 3.23. The van der Waals surface area contributed by atoms with Gasteiger partial charge in [-0.05, 0) is 77.0 Å². The Morgan fingerprint density at radius 3 is 2.85 bits per heavy atom. The van der Waals surface area contributed by atoms with Crippen LogP contribution in [0.3, 0.4) is 0 Å². The van der Waals surface area contributed by atoms with Crippen molar-refractivity contribution < 1.29 is 14.3 Å². The lowest BCUT2D eigenvalue weighted by Crippen LogP contribution is -2.35. The zero-order valence-corrected chi connectivity index (χ0v) is 21.4.